The molecule has 0 unspecified atom stereocenters. The Morgan fingerprint density at radius 1 is 0.968 bits per heavy atom. The van der Waals surface area contributed by atoms with Gasteiger partial charge in [0.15, 0.2) is 0 Å². The molecule has 31 heavy (non-hydrogen) atoms. The van der Waals surface area contributed by atoms with Gasteiger partial charge in [0, 0.05) is 12.6 Å². The van der Waals surface area contributed by atoms with E-state index in [1.54, 1.807) is 23.1 Å². The van der Waals surface area contributed by atoms with Gasteiger partial charge in [0.05, 0.1) is 5.56 Å². The van der Waals surface area contributed by atoms with Crippen molar-refractivity contribution in [2.45, 2.75) is 30.3 Å². The molecule has 0 aromatic heterocycles. The highest BCUT2D eigenvalue weighted by Gasteiger charge is 2.34. The lowest BCUT2D eigenvalue weighted by atomic mass is 10.1. The monoisotopic (exact) mass is 443 g/mol. The first-order chi connectivity index (χ1) is 14.8. The largest absolute Gasteiger partial charge is 0.379 e. The fourth-order valence-corrected chi connectivity index (χ4v) is 4.13. The van der Waals surface area contributed by atoms with Crippen LogP contribution >= 0.6 is 0 Å². The van der Waals surface area contributed by atoms with Gasteiger partial charge in [0.2, 0.25) is 0 Å². The molecule has 1 saturated carbocycles. The summed E-state index contributed by atoms with van der Waals surface area (Å²) in [6.45, 7) is 0.186. The van der Waals surface area contributed by atoms with Crippen molar-refractivity contribution in [2.75, 3.05) is 0 Å². The summed E-state index contributed by atoms with van der Waals surface area (Å²) >= 11 is 0. The zero-order chi connectivity index (χ0) is 22.0. The second-order valence-corrected chi connectivity index (χ2v) is 8.83. The molecule has 1 aliphatic rings. The van der Waals surface area contributed by atoms with Crippen LogP contribution < -0.4 is 4.18 Å². The zero-order valence-electron chi connectivity index (χ0n) is 16.4. The second-order valence-electron chi connectivity index (χ2n) is 7.28. The Bertz CT molecular complexity index is 1210. The van der Waals surface area contributed by atoms with E-state index < -0.39 is 27.7 Å². The van der Waals surface area contributed by atoms with Crippen molar-refractivity contribution in [3.8, 4) is 5.75 Å². The van der Waals surface area contributed by atoms with Crippen LogP contribution in [0.3, 0.4) is 0 Å². The number of halogens is 2. The summed E-state index contributed by atoms with van der Waals surface area (Å²) in [6.07, 6.45) is 1.66. The SMILES string of the molecule is O=C(c1ccccc1F)N(Cc1cccc(OS(=O)(=O)c2ccc(F)cc2)c1)C1CC1. The van der Waals surface area contributed by atoms with E-state index >= 15 is 0 Å². The van der Waals surface area contributed by atoms with Crippen molar-refractivity contribution in [3.05, 3.63) is 95.6 Å². The minimum absolute atomic E-state index is 0.000641. The van der Waals surface area contributed by atoms with E-state index in [9.17, 15) is 22.0 Å². The number of hydrogen-bond donors (Lipinski definition) is 0. The Hall–Kier alpha value is -3.26. The van der Waals surface area contributed by atoms with E-state index in [0.29, 0.717) is 5.56 Å². The number of hydrogen-bond acceptors (Lipinski definition) is 4. The fraction of sp³-hybridized carbons (Fsp3) is 0.174. The Morgan fingerprint density at radius 2 is 1.68 bits per heavy atom. The molecule has 0 radical (unpaired) electrons. The van der Waals surface area contributed by atoms with Crippen molar-refractivity contribution >= 4 is 16.0 Å². The van der Waals surface area contributed by atoms with Gasteiger partial charge in [0.25, 0.3) is 5.91 Å². The van der Waals surface area contributed by atoms with Crippen LogP contribution in [0.2, 0.25) is 0 Å². The standard InChI is InChI=1S/C23H19F2NO4S/c24-17-8-12-20(13-9-17)31(28,29)30-19-5-3-4-16(14-19)15-26(18-10-11-18)23(27)21-6-1-2-7-22(21)25/h1-9,12-14,18H,10-11,15H2. The molecule has 1 aliphatic carbocycles. The van der Waals surface area contributed by atoms with Gasteiger partial charge in [-0.3, -0.25) is 4.79 Å². The Kier molecular flexibility index (Phi) is 5.73. The number of benzene rings is 3. The molecule has 4 rings (SSSR count). The predicted molar refractivity (Wildman–Crippen MR) is 110 cm³/mol. The van der Waals surface area contributed by atoms with Gasteiger partial charge in [-0.05, 0) is 66.9 Å². The molecule has 0 N–H and O–H groups in total. The summed E-state index contributed by atoms with van der Waals surface area (Å²) in [7, 11) is -4.14. The maximum Gasteiger partial charge on any atom is 0.339 e. The predicted octanol–water partition coefficient (Wildman–Crippen LogP) is 4.54. The Morgan fingerprint density at radius 3 is 2.35 bits per heavy atom. The molecule has 3 aromatic rings. The topological polar surface area (TPSA) is 63.7 Å². The van der Waals surface area contributed by atoms with Crippen molar-refractivity contribution < 1.29 is 26.2 Å². The summed E-state index contributed by atoms with van der Waals surface area (Å²) in [6, 6.07) is 16.5. The smallest absolute Gasteiger partial charge is 0.339 e. The Balaban J connectivity index is 1.54. The first-order valence-electron chi connectivity index (χ1n) is 9.68. The second kappa shape index (κ2) is 8.47. The summed E-state index contributed by atoms with van der Waals surface area (Å²) in [5.74, 6) is -1.48. The van der Waals surface area contributed by atoms with Gasteiger partial charge in [-0.15, -0.1) is 0 Å². The van der Waals surface area contributed by atoms with Crippen molar-refractivity contribution in [1.29, 1.82) is 0 Å². The molecule has 8 heteroatoms. The highest BCUT2D eigenvalue weighted by molar-refractivity contribution is 7.87. The van der Waals surface area contributed by atoms with E-state index in [1.807, 2.05) is 0 Å². The van der Waals surface area contributed by atoms with E-state index in [2.05, 4.69) is 0 Å². The molecule has 1 amide bonds. The highest BCUT2D eigenvalue weighted by Crippen LogP contribution is 2.31. The molecular formula is C23H19F2NO4S. The first kappa shape index (κ1) is 21.0. The number of carbonyl (C=O) groups is 1. The molecule has 160 valence electrons. The van der Waals surface area contributed by atoms with Crippen LogP contribution in [0.4, 0.5) is 8.78 Å². The quantitative estimate of drug-likeness (QED) is 0.503. The Labute approximate surface area is 179 Å². The fourth-order valence-electron chi connectivity index (χ4n) is 3.21. The van der Waals surface area contributed by atoms with Gasteiger partial charge in [-0.1, -0.05) is 24.3 Å². The molecule has 0 bridgehead atoms. The van der Waals surface area contributed by atoms with E-state index in [0.717, 1.165) is 37.1 Å². The van der Waals surface area contributed by atoms with Gasteiger partial charge < -0.3 is 9.08 Å². The molecule has 1 fully saturated rings. The summed E-state index contributed by atoms with van der Waals surface area (Å²) in [4.78, 5) is 14.3. The number of amides is 1. The lowest BCUT2D eigenvalue weighted by molar-refractivity contribution is 0.0725. The van der Waals surface area contributed by atoms with E-state index in [1.165, 1.54) is 30.3 Å². The molecular weight excluding hydrogens is 424 g/mol. The molecule has 0 saturated heterocycles. The van der Waals surface area contributed by atoms with E-state index in [4.69, 9.17) is 4.18 Å². The average molecular weight is 443 g/mol. The molecule has 0 aliphatic heterocycles. The van der Waals surface area contributed by atoms with Crippen LogP contribution in [0.25, 0.3) is 0 Å². The number of carbonyl (C=O) groups excluding carboxylic acids is 1. The maximum absolute atomic E-state index is 14.1. The third-order valence-electron chi connectivity index (χ3n) is 4.91. The lowest BCUT2D eigenvalue weighted by Crippen LogP contribution is -2.33. The van der Waals surface area contributed by atoms with Crippen LogP contribution in [0, 0.1) is 11.6 Å². The maximum atomic E-state index is 14.1. The third kappa shape index (κ3) is 4.91. The van der Waals surface area contributed by atoms with Gasteiger partial charge in [-0.2, -0.15) is 8.42 Å². The summed E-state index contributed by atoms with van der Waals surface area (Å²) in [5.41, 5.74) is 0.643. The van der Waals surface area contributed by atoms with Crippen molar-refractivity contribution in [1.82, 2.24) is 4.90 Å². The molecule has 0 spiro atoms. The van der Waals surface area contributed by atoms with Crippen LogP contribution in [0.1, 0.15) is 28.8 Å². The summed E-state index contributed by atoms with van der Waals surface area (Å²) in [5, 5.41) is 0. The lowest BCUT2D eigenvalue weighted by Gasteiger charge is -2.23. The third-order valence-corrected chi connectivity index (χ3v) is 6.17. The minimum atomic E-state index is -4.14. The zero-order valence-corrected chi connectivity index (χ0v) is 17.2. The van der Waals surface area contributed by atoms with Gasteiger partial charge in [0.1, 0.15) is 22.3 Å². The molecule has 0 heterocycles. The normalized spacial score (nSPS) is 13.6. The minimum Gasteiger partial charge on any atom is -0.379 e. The van der Waals surface area contributed by atoms with E-state index in [-0.39, 0.29) is 28.8 Å². The van der Waals surface area contributed by atoms with Crippen molar-refractivity contribution in [3.63, 3.8) is 0 Å². The molecule has 3 aromatic carbocycles. The first-order valence-corrected chi connectivity index (χ1v) is 11.1. The van der Waals surface area contributed by atoms with Gasteiger partial charge >= 0.3 is 10.1 Å². The number of rotatable bonds is 7. The van der Waals surface area contributed by atoms with Crippen LogP contribution in [-0.2, 0) is 16.7 Å². The molecule has 0 atom stereocenters. The molecule has 5 nitrogen and oxygen atoms in total. The highest BCUT2D eigenvalue weighted by atomic mass is 32.2. The van der Waals surface area contributed by atoms with Crippen molar-refractivity contribution in [2.24, 2.45) is 0 Å². The van der Waals surface area contributed by atoms with Crippen LogP contribution in [-0.4, -0.2) is 25.3 Å². The van der Waals surface area contributed by atoms with Crippen LogP contribution in [0.15, 0.2) is 77.7 Å². The van der Waals surface area contributed by atoms with Gasteiger partial charge in [-0.25, -0.2) is 8.78 Å². The van der Waals surface area contributed by atoms with Crippen LogP contribution in [0.5, 0.6) is 5.75 Å². The summed E-state index contributed by atoms with van der Waals surface area (Å²) < 4.78 is 57.2. The average Bonchev–Trinajstić information content (AvgIpc) is 3.57. The number of nitrogens with zero attached hydrogens (tertiary/aromatic N) is 1.